The van der Waals surface area contributed by atoms with Crippen LogP contribution in [0.15, 0.2) is 30.3 Å². The standard InChI is InChI=1S/C9H11NO3/c10-7(8(11)9(12)13)6-4-2-1-3-5-6/h1-5,7-8,11H,10H2,(H,12,13)/t7-,8?/m0/s1. The summed E-state index contributed by atoms with van der Waals surface area (Å²) in [5.41, 5.74) is 6.12. The third-order valence-corrected chi connectivity index (χ3v) is 1.78. The lowest BCUT2D eigenvalue weighted by Crippen LogP contribution is -2.33. The molecule has 0 fully saturated rings. The maximum Gasteiger partial charge on any atom is 0.334 e. The number of carboxylic acids is 1. The average Bonchev–Trinajstić information content (AvgIpc) is 2.17. The van der Waals surface area contributed by atoms with Crippen LogP contribution in [-0.4, -0.2) is 22.3 Å². The van der Waals surface area contributed by atoms with Gasteiger partial charge in [0.05, 0.1) is 6.04 Å². The van der Waals surface area contributed by atoms with Gasteiger partial charge in [0.25, 0.3) is 0 Å². The highest BCUT2D eigenvalue weighted by molar-refractivity contribution is 5.73. The lowest BCUT2D eigenvalue weighted by Gasteiger charge is -2.14. The Kier molecular flexibility index (Phi) is 3.00. The molecule has 0 saturated carbocycles. The van der Waals surface area contributed by atoms with E-state index in [2.05, 4.69) is 0 Å². The molecule has 4 N–H and O–H groups in total. The van der Waals surface area contributed by atoms with Gasteiger partial charge in [-0.05, 0) is 5.56 Å². The van der Waals surface area contributed by atoms with Gasteiger partial charge < -0.3 is 15.9 Å². The first-order chi connectivity index (χ1) is 6.13. The number of benzene rings is 1. The maximum atomic E-state index is 10.4. The monoisotopic (exact) mass is 181 g/mol. The SMILES string of the molecule is N[C@@H](c1ccccc1)C(O)C(=O)O. The average molecular weight is 181 g/mol. The molecule has 0 amide bonds. The second kappa shape index (κ2) is 4.02. The van der Waals surface area contributed by atoms with Crippen molar-refractivity contribution < 1.29 is 15.0 Å². The van der Waals surface area contributed by atoms with Crippen LogP contribution in [0.25, 0.3) is 0 Å². The zero-order valence-electron chi connectivity index (χ0n) is 6.92. The molecule has 0 aliphatic rings. The van der Waals surface area contributed by atoms with Crippen molar-refractivity contribution in [2.45, 2.75) is 12.1 Å². The van der Waals surface area contributed by atoms with Crippen LogP contribution in [0.5, 0.6) is 0 Å². The van der Waals surface area contributed by atoms with E-state index in [-0.39, 0.29) is 0 Å². The van der Waals surface area contributed by atoms with Crippen molar-refractivity contribution in [2.24, 2.45) is 5.73 Å². The molecule has 4 nitrogen and oxygen atoms in total. The number of carbonyl (C=O) groups is 1. The lowest BCUT2D eigenvalue weighted by molar-refractivity contribution is -0.147. The molecule has 0 radical (unpaired) electrons. The minimum Gasteiger partial charge on any atom is -0.479 e. The zero-order chi connectivity index (χ0) is 9.84. The van der Waals surface area contributed by atoms with E-state index in [4.69, 9.17) is 15.9 Å². The third-order valence-electron chi connectivity index (χ3n) is 1.78. The maximum absolute atomic E-state index is 10.4. The number of hydrogen-bond acceptors (Lipinski definition) is 3. The van der Waals surface area contributed by atoms with Gasteiger partial charge >= 0.3 is 5.97 Å². The van der Waals surface area contributed by atoms with Gasteiger partial charge in [-0.15, -0.1) is 0 Å². The fourth-order valence-corrected chi connectivity index (χ4v) is 1.01. The fraction of sp³-hybridized carbons (Fsp3) is 0.222. The molecular formula is C9H11NO3. The smallest absolute Gasteiger partial charge is 0.334 e. The molecule has 1 aromatic carbocycles. The molecule has 2 atom stereocenters. The van der Waals surface area contributed by atoms with Crippen LogP contribution in [0.2, 0.25) is 0 Å². The van der Waals surface area contributed by atoms with Crippen LogP contribution in [0, 0.1) is 0 Å². The van der Waals surface area contributed by atoms with Gasteiger partial charge in [-0.1, -0.05) is 30.3 Å². The summed E-state index contributed by atoms with van der Waals surface area (Å²) in [4.78, 5) is 10.4. The quantitative estimate of drug-likeness (QED) is 0.619. The Morgan fingerprint density at radius 2 is 1.85 bits per heavy atom. The molecule has 0 saturated heterocycles. The van der Waals surface area contributed by atoms with Gasteiger partial charge in [0.2, 0.25) is 0 Å². The number of rotatable bonds is 3. The molecule has 0 aliphatic heterocycles. The molecule has 1 unspecified atom stereocenters. The lowest BCUT2D eigenvalue weighted by atomic mass is 10.0. The largest absolute Gasteiger partial charge is 0.479 e. The summed E-state index contributed by atoms with van der Waals surface area (Å²) >= 11 is 0. The molecule has 0 aliphatic carbocycles. The minimum atomic E-state index is -1.55. The summed E-state index contributed by atoms with van der Waals surface area (Å²) in [6.45, 7) is 0. The van der Waals surface area contributed by atoms with E-state index in [1.807, 2.05) is 0 Å². The number of aliphatic hydroxyl groups excluding tert-OH is 1. The van der Waals surface area contributed by atoms with Gasteiger partial charge in [-0.25, -0.2) is 4.79 Å². The summed E-state index contributed by atoms with van der Waals surface area (Å²) in [6.07, 6.45) is -1.55. The van der Waals surface area contributed by atoms with E-state index in [0.717, 1.165) is 0 Å². The van der Waals surface area contributed by atoms with Crippen molar-refractivity contribution in [2.75, 3.05) is 0 Å². The van der Waals surface area contributed by atoms with Crippen molar-refractivity contribution in [3.05, 3.63) is 35.9 Å². The molecular weight excluding hydrogens is 170 g/mol. The second-order valence-electron chi connectivity index (χ2n) is 2.72. The van der Waals surface area contributed by atoms with Crippen LogP contribution < -0.4 is 5.73 Å². The predicted octanol–water partition coefficient (Wildman–Crippen LogP) is 0.132. The van der Waals surface area contributed by atoms with E-state index in [9.17, 15) is 4.79 Å². The summed E-state index contributed by atoms with van der Waals surface area (Å²) in [5.74, 6) is -1.31. The third kappa shape index (κ3) is 2.27. The van der Waals surface area contributed by atoms with Crippen molar-refractivity contribution in [1.29, 1.82) is 0 Å². The van der Waals surface area contributed by atoms with E-state index in [0.29, 0.717) is 5.56 Å². The Labute approximate surface area is 75.6 Å². The Morgan fingerprint density at radius 3 is 2.31 bits per heavy atom. The van der Waals surface area contributed by atoms with Crippen LogP contribution in [0.3, 0.4) is 0 Å². The van der Waals surface area contributed by atoms with Gasteiger partial charge in [-0.3, -0.25) is 0 Å². The highest BCUT2D eigenvalue weighted by atomic mass is 16.4. The normalized spacial score (nSPS) is 14.9. The number of hydrogen-bond donors (Lipinski definition) is 3. The molecule has 1 rings (SSSR count). The predicted molar refractivity (Wildman–Crippen MR) is 47.0 cm³/mol. The molecule has 0 aromatic heterocycles. The van der Waals surface area contributed by atoms with Gasteiger partial charge in [0.15, 0.2) is 6.10 Å². The Hall–Kier alpha value is -1.39. The topological polar surface area (TPSA) is 83.5 Å². The summed E-state index contributed by atoms with van der Waals surface area (Å²) in [5, 5.41) is 17.6. The number of carboxylic acid groups (broad SMARTS) is 1. The number of aliphatic carboxylic acids is 1. The molecule has 4 heteroatoms. The summed E-state index contributed by atoms with van der Waals surface area (Å²) in [6, 6.07) is 7.75. The first-order valence-electron chi connectivity index (χ1n) is 3.84. The molecule has 13 heavy (non-hydrogen) atoms. The van der Waals surface area contributed by atoms with Crippen LogP contribution in [-0.2, 0) is 4.79 Å². The van der Waals surface area contributed by atoms with Crippen molar-refractivity contribution in [3.8, 4) is 0 Å². The van der Waals surface area contributed by atoms with Crippen molar-refractivity contribution in [3.63, 3.8) is 0 Å². The highest BCUT2D eigenvalue weighted by Crippen LogP contribution is 2.13. The second-order valence-corrected chi connectivity index (χ2v) is 2.72. The summed E-state index contributed by atoms with van der Waals surface area (Å²) < 4.78 is 0. The molecule has 0 bridgehead atoms. The zero-order valence-corrected chi connectivity index (χ0v) is 6.92. The molecule has 1 aromatic rings. The Bertz CT molecular complexity index is 286. The van der Waals surface area contributed by atoms with Gasteiger partial charge in [-0.2, -0.15) is 0 Å². The van der Waals surface area contributed by atoms with E-state index in [1.54, 1.807) is 30.3 Å². The van der Waals surface area contributed by atoms with Gasteiger partial charge in [0, 0.05) is 0 Å². The van der Waals surface area contributed by atoms with E-state index < -0.39 is 18.1 Å². The van der Waals surface area contributed by atoms with Crippen LogP contribution in [0.1, 0.15) is 11.6 Å². The highest BCUT2D eigenvalue weighted by Gasteiger charge is 2.22. The Morgan fingerprint density at radius 1 is 1.31 bits per heavy atom. The van der Waals surface area contributed by atoms with Crippen molar-refractivity contribution >= 4 is 5.97 Å². The first-order valence-corrected chi connectivity index (χ1v) is 3.84. The summed E-state index contributed by atoms with van der Waals surface area (Å²) in [7, 11) is 0. The first kappa shape index (κ1) is 9.70. The minimum absolute atomic E-state index is 0.609. The molecule has 0 heterocycles. The van der Waals surface area contributed by atoms with Crippen LogP contribution in [0.4, 0.5) is 0 Å². The van der Waals surface area contributed by atoms with Gasteiger partial charge in [0.1, 0.15) is 0 Å². The Balaban J connectivity index is 2.79. The van der Waals surface area contributed by atoms with Crippen molar-refractivity contribution in [1.82, 2.24) is 0 Å². The number of nitrogens with two attached hydrogens (primary N) is 1. The number of aliphatic hydroxyl groups is 1. The van der Waals surface area contributed by atoms with E-state index >= 15 is 0 Å². The van der Waals surface area contributed by atoms with Crippen LogP contribution >= 0.6 is 0 Å². The van der Waals surface area contributed by atoms with E-state index in [1.165, 1.54) is 0 Å². The molecule has 70 valence electrons. The molecule has 0 spiro atoms. The fourth-order valence-electron chi connectivity index (χ4n) is 1.01.